The first-order valence-electron chi connectivity index (χ1n) is 8.63. The molecule has 1 unspecified atom stereocenters. The third-order valence-electron chi connectivity index (χ3n) is 4.55. The summed E-state index contributed by atoms with van der Waals surface area (Å²) in [6.07, 6.45) is -3.66. The van der Waals surface area contributed by atoms with Crippen molar-refractivity contribution in [3.8, 4) is 17.2 Å². The van der Waals surface area contributed by atoms with Crippen LogP contribution in [0.5, 0.6) is 17.2 Å². The Bertz CT molecular complexity index is 627. The van der Waals surface area contributed by atoms with Gasteiger partial charge in [0, 0.05) is 13.1 Å². The lowest BCUT2D eigenvalue weighted by molar-refractivity contribution is -0.187. The van der Waals surface area contributed by atoms with Crippen molar-refractivity contribution in [3.05, 3.63) is 17.7 Å². The summed E-state index contributed by atoms with van der Waals surface area (Å²) >= 11 is 0. The van der Waals surface area contributed by atoms with Crippen LogP contribution >= 0.6 is 0 Å². The fraction of sp³-hybridized carbons (Fsp3) is 0.611. The maximum Gasteiger partial charge on any atom is 0.393 e. The first kappa shape index (κ1) is 21.1. The fourth-order valence-corrected chi connectivity index (χ4v) is 3.16. The largest absolute Gasteiger partial charge is 0.493 e. The molecule has 1 N–H and O–H groups in total. The maximum atomic E-state index is 12.9. The van der Waals surface area contributed by atoms with Crippen molar-refractivity contribution in [2.75, 3.05) is 41.0 Å². The molecule has 27 heavy (non-hydrogen) atoms. The molecule has 1 aliphatic rings. The van der Waals surface area contributed by atoms with E-state index in [0.717, 1.165) is 5.56 Å². The van der Waals surface area contributed by atoms with E-state index in [9.17, 15) is 18.0 Å². The van der Waals surface area contributed by atoms with E-state index in [2.05, 4.69) is 5.32 Å². The first-order valence-corrected chi connectivity index (χ1v) is 8.63. The molecular weight excluding hydrogens is 365 g/mol. The number of carbonyl (C=O) groups is 1. The van der Waals surface area contributed by atoms with Gasteiger partial charge in [-0.15, -0.1) is 0 Å². The van der Waals surface area contributed by atoms with Gasteiger partial charge in [-0.3, -0.25) is 9.69 Å². The molecule has 6 nitrogen and oxygen atoms in total. The van der Waals surface area contributed by atoms with Gasteiger partial charge >= 0.3 is 6.18 Å². The lowest BCUT2D eigenvalue weighted by atomic mass is 9.97. The Morgan fingerprint density at radius 3 is 2.33 bits per heavy atom. The van der Waals surface area contributed by atoms with E-state index in [0.29, 0.717) is 30.2 Å². The molecule has 9 heteroatoms. The standard InChI is InChI=1S/C18H25F3N2O4/c1-25-14-7-12(8-15(26-2)17(14)27-3)9-22-16(24)11-23-6-4-5-13(10-23)18(19,20)21/h7-8,13H,4-6,9-11H2,1-3H3,(H,22,24). The molecule has 152 valence electrons. The molecule has 0 aliphatic carbocycles. The van der Waals surface area contributed by atoms with Gasteiger partial charge in [0.2, 0.25) is 11.7 Å². The third-order valence-corrected chi connectivity index (χ3v) is 4.55. The molecule has 1 aromatic rings. The molecule has 1 heterocycles. The average molecular weight is 390 g/mol. The Balaban J connectivity index is 1.94. The number of nitrogens with one attached hydrogen (secondary N) is 1. The van der Waals surface area contributed by atoms with Crippen molar-refractivity contribution in [2.45, 2.75) is 25.6 Å². The highest BCUT2D eigenvalue weighted by Gasteiger charge is 2.41. The number of likely N-dealkylation sites (tertiary alicyclic amines) is 1. The summed E-state index contributed by atoms with van der Waals surface area (Å²) < 4.78 is 54.4. The molecule has 1 atom stereocenters. The van der Waals surface area contributed by atoms with Crippen LogP contribution in [0.15, 0.2) is 12.1 Å². The predicted molar refractivity (Wildman–Crippen MR) is 93.2 cm³/mol. The maximum absolute atomic E-state index is 12.9. The molecule has 0 aromatic heterocycles. The van der Waals surface area contributed by atoms with E-state index in [1.54, 1.807) is 17.0 Å². The SMILES string of the molecule is COc1cc(CNC(=O)CN2CCCC(C(F)(F)F)C2)cc(OC)c1OC. The summed E-state index contributed by atoms with van der Waals surface area (Å²) in [4.78, 5) is 13.7. The zero-order valence-corrected chi connectivity index (χ0v) is 15.7. The normalized spacial score (nSPS) is 18.1. The fourth-order valence-electron chi connectivity index (χ4n) is 3.16. The predicted octanol–water partition coefficient (Wildman–Crippen LogP) is 2.60. The van der Waals surface area contributed by atoms with E-state index in [-0.39, 0.29) is 32.0 Å². The van der Waals surface area contributed by atoms with Crippen LogP contribution in [0, 0.1) is 5.92 Å². The van der Waals surface area contributed by atoms with Crippen LogP contribution in [0.25, 0.3) is 0 Å². The number of carbonyl (C=O) groups excluding carboxylic acids is 1. The zero-order chi connectivity index (χ0) is 20.0. The number of hydrogen-bond acceptors (Lipinski definition) is 5. The van der Waals surface area contributed by atoms with Gasteiger partial charge in [-0.2, -0.15) is 13.2 Å². The first-order chi connectivity index (χ1) is 12.8. The molecule has 2 rings (SSSR count). The van der Waals surface area contributed by atoms with E-state index in [4.69, 9.17) is 14.2 Å². The molecule has 1 aromatic carbocycles. The number of piperidine rings is 1. The summed E-state index contributed by atoms with van der Waals surface area (Å²) in [5.41, 5.74) is 0.727. The quantitative estimate of drug-likeness (QED) is 0.776. The van der Waals surface area contributed by atoms with Crippen LogP contribution in [0.4, 0.5) is 13.2 Å². The molecule has 0 saturated carbocycles. The van der Waals surface area contributed by atoms with Gasteiger partial charge in [0.1, 0.15) is 0 Å². The zero-order valence-electron chi connectivity index (χ0n) is 15.7. The lowest BCUT2D eigenvalue weighted by Crippen LogP contribution is -2.45. The van der Waals surface area contributed by atoms with Crippen LogP contribution in [0.3, 0.4) is 0 Å². The summed E-state index contributed by atoms with van der Waals surface area (Å²) in [6, 6.07) is 3.42. The number of nitrogens with zero attached hydrogens (tertiary/aromatic N) is 1. The highest BCUT2D eigenvalue weighted by Crippen LogP contribution is 2.38. The minimum atomic E-state index is -4.22. The van der Waals surface area contributed by atoms with Crippen LogP contribution in [0.1, 0.15) is 18.4 Å². The number of benzene rings is 1. The van der Waals surface area contributed by atoms with Crippen LogP contribution in [0.2, 0.25) is 0 Å². The minimum absolute atomic E-state index is 0.0585. The Morgan fingerprint density at radius 2 is 1.81 bits per heavy atom. The van der Waals surface area contributed by atoms with Crippen LogP contribution in [-0.2, 0) is 11.3 Å². The number of halogens is 3. The summed E-state index contributed by atoms with van der Waals surface area (Å²) in [5.74, 6) is -0.322. The Kier molecular flexibility index (Phi) is 7.18. The second-order valence-corrected chi connectivity index (χ2v) is 6.43. The molecular formula is C18H25F3N2O4. The van der Waals surface area contributed by atoms with Gasteiger partial charge in [-0.1, -0.05) is 0 Å². The Morgan fingerprint density at radius 1 is 1.19 bits per heavy atom. The Hall–Kier alpha value is -2.16. The van der Waals surface area contributed by atoms with Crippen molar-refractivity contribution in [1.29, 1.82) is 0 Å². The highest BCUT2D eigenvalue weighted by atomic mass is 19.4. The van der Waals surface area contributed by atoms with E-state index in [1.165, 1.54) is 21.3 Å². The number of amides is 1. The number of hydrogen-bond donors (Lipinski definition) is 1. The monoisotopic (exact) mass is 390 g/mol. The van der Waals surface area contributed by atoms with Crippen LogP contribution < -0.4 is 19.5 Å². The molecule has 0 radical (unpaired) electrons. The molecule has 1 fully saturated rings. The molecule has 1 saturated heterocycles. The van der Waals surface area contributed by atoms with Gasteiger partial charge in [0.25, 0.3) is 0 Å². The number of alkyl halides is 3. The smallest absolute Gasteiger partial charge is 0.393 e. The number of ether oxygens (including phenoxy) is 3. The van der Waals surface area contributed by atoms with Crippen molar-refractivity contribution in [2.24, 2.45) is 5.92 Å². The van der Waals surface area contributed by atoms with E-state index < -0.39 is 12.1 Å². The number of rotatable bonds is 7. The second-order valence-electron chi connectivity index (χ2n) is 6.43. The van der Waals surface area contributed by atoms with Gasteiger partial charge in [-0.25, -0.2) is 0 Å². The van der Waals surface area contributed by atoms with Gasteiger partial charge in [0.05, 0.1) is 33.8 Å². The van der Waals surface area contributed by atoms with Crippen LogP contribution in [-0.4, -0.2) is 57.9 Å². The second kappa shape index (κ2) is 9.16. The topological polar surface area (TPSA) is 60.0 Å². The van der Waals surface area contributed by atoms with E-state index >= 15 is 0 Å². The van der Waals surface area contributed by atoms with Crippen molar-refractivity contribution in [3.63, 3.8) is 0 Å². The van der Waals surface area contributed by atoms with E-state index in [1.807, 2.05) is 0 Å². The van der Waals surface area contributed by atoms with Gasteiger partial charge in [0.15, 0.2) is 11.5 Å². The molecule has 0 spiro atoms. The van der Waals surface area contributed by atoms with Gasteiger partial charge < -0.3 is 19.5 Å². The Labute approximate surface area is 156 Å². The average Bonchev–Trinajstić information content (AvgIpc) is 2.64. The summed E-state index contributed by atoms with van der Waals surface area (Å²) in [5, 5.41) is 2.73. The lowest BCUT2D eigenvalue weighted by Gasteiger charge is -2.33. The highest BCUT2D eigenvalue weighted by molar-refractivity contribution is 5.78. The third kappa shape index (κ3) is 5.66. The van der Waals surface area contributed by atoms with Crippen molar-refractivity contribution >= 4 is 5.91 Å². The molecule has 1 aliphatic heterocycles. The van der Waals surface area contributed by atoms with Crippen molar-refractivity contribution in [1.82, 2.24) is 10.2 Å². The number of methoxy groups -OCH3 is 3. The summed E-state index contributed by atoms with van der Waals surface area (Å²) in [7, 11) is 4.48. The van der Waals surface area contributed by atoms with Crippen molar-refractivity contribution < 1.29 is 32.2 Å². The summed E-state index contributed by atoms with van der Waals surface area (Å²) in [6.45, 7) is 0.494. The molecule has 0 bridgehead atoms. The van der Waals surface area contributed by atoms with Gasteiger partial charge in [-0.05, 0) is 37.1 Å². The molecule has 1 amide bonds. The minimum Gasteiger partial charge on any atom is -0.493 e.